The highest BCUT2D eigenvalue weighted by molar-refractivity contribution is 5.89. The van der Waals surface area contributed by atoms with Gasteiger partial charge in [-0.05, 0) is 18.6 Å². The number of aryl methyl sites for hydroxylation is 1. The minimum absolute atomic E-state index is 0.153. The lowest BCUT2D eigenvalue weighted by molar-refractivity contribution is -0.130. The van der Waals surface area contributed by atoms with Crippen LogP contribution in [-0.2, 0) is 4.79 Å². The van der Waals surface area contributed by atoms with Crippen LogP contribution in [0.15, 0.2) is 18.2 Å². The fraction of sp³-hybridized carbons (Fsp3) is 0.462. The van der Waals surface area contributed by atoms with E-state index in [-0.39, 0.29) is 5.92 Å². The van der Waals surface area contributed by atoms with Gasteiger partial charge in [0.2, 0.25) is 0 Å². The fourth-order valence-electron chi connectivity index (χ4n) is 2.17. The Morgan fingerprint density at radius 3 is 2.67 bits per heavy atom. The summed E-state index contributed by atoms with van der Waals surface area (Å²) in [6.07, 6.45) is 0.668. The summed E-state index contributed by atoms with van der Waals surface area (Å²) in [5.74, 6) is 1.78. The van der Waals surface area contributed by atoms with E-state index < -0.39 is 0 Å². The van der Waals surface area contributed by atoms with Gasteiger partial charge >= 0.3 is 0 Å². The van der Waals surface area contributed by atoms with Gasteiger partial charge in [-0.15, -0.1) is 0 Å². The number of ketones is 1. The normalized spacial score (nSPS) is 24.9. The minimum Gasteiger partial charge on any atom is -0.496 e. The number of methoxy groups -OCH3 is 1. The Hall–Kier alpha value is -1.31. The van der Waals surface area contributed by atoms with Gasteiger partial charge in [0.05, 0.1) is 7.11 Å². The fourth-order valence-corrected chi connectivity index (χ4v) is 2.17. The van der Waals surface area contributed by atoms with Gasteiger partial charge in [0, 0.05) is 18.3 Å². The molecule has 1 saturated carbocycles. The number of carbonyl (C=O) groups excluding carboxylic acids is 1. The molecule has 1 fully saturated rings. The van der Waals surface area contributed by atoms with Crippen LogP contribution in [-0.4, -0.2) is 12.9 Å². The van der Waals surface area contributed by atoms with Gasteiger partial charge in [-0.3, -0.25) is 4.79 Å². The largest absolute Gasteiger partial charge is 0.496 e. The Labute approximate surface area is 90.3 Å². The molecule has 15 heavy (non-hydrogen) atoms. The Morgan fingerprint density at radius 2 is 2.13 bits per heavy atom. The number of Topliss-reactive ketones (excluding diaryl/α,β-unsaturated/α-hetero) is 1. The lowest BCUT2D eigenvalue weighted by Crippen LogP contribution is -2.33. The van der Waals surface area contributed by atoms with Gasteiger partial charge in [0.15, 0.2) is 0 Å². The maximum Gasteiger partial charge on any atom is 0.136 e. The number of ether oxygens (including phenoxy) is 1. The van der Waals surface area contributed by atoms with Gasteiger partial charge in [-0.2, -0.15) is 0 Å². The highest BCUT2D eigenvalue weighted by Crippen LogP contribution is 2.43. The van der Waals surface area contributed by atoms with Crippen LogP contribution in [0.4, 0.5) is 0 Å². The number of hydrogen-bond donors (Lipinski definition) is 0. The zero-order valence-electron chi connectivity index (χ0n) is 9.41. The first kappa shape index (κ1) is 10.2. The second-order valence-electron chi connectivity index (χ2n) is 4.31. The maximum atomic E-state index is 11.3. The topological polar surface area (TPSA) is 26.3 Å². The molecule has 0 aliphatic heterocycles. The van der Waals surface area contributed by atoms with Crippen LogP contribution in [0.2, 0.25) is 0 Å². The minimum atomic E-state index is 0.153. The molecule has 0 bridgehead atoms. The molecule has 0 N–H and O–H groups in total. The third-order valence-corrected chi connectivity index (χ3v) is 3.32. The molecule has 1 aromatic carbocycles. The molecule has 0 amide bonds. The molecule has 80 valence electrons. The summed E-state index contributed by atoms with van der Waals surface area (Å²) in [5.41, 5.74) is 2.40. The standard InChI is InChI=1S/C13H16O2/c1-8-4-5-13(15-3)11(6-8)10-7-12(14)9(10)2/h4-6,9-10H,7H2,1-3H3. The van der Waals surface area contributed by atoms with E-state index >= 15 is 0 Å². The lowest BCUT2D eigenvalue weighted by atomic mass is 9.69. The van der Waals surface area contributed by atoms with Crippen LogP contribution >= 0.6 is 0 Å². The summed E-state index contributed by atoms with van der Waals surface area (Å²) < 4.78 is 5.33. The number of benzene rings is 1. The van der Waals surface area contributed by atoms with Crippen molar-refractivity contribution in [1.29, 1.82) is 0 Å². The van der Waals surface area contributed by atoms with E-state index in [9.17, 15) is 4.79 Å². The quantitative estimate of drug-likeness (QED) is 0.740. The van der Waals surface area contributed by atoms with Crippen LogP contribution < -0.4 is 4.74 Å². The van der Waals surface area contributed by atoms with E-state index in [0.717, 1.165) is 5.75 Å². The molecule has 1 aliphatic rings. The first-order valence-corrected chi connectivity index (χ1v) is 5.30. The van der Waals surface area contributed by atoms with Crippen molar-refractivity contribution in [2.24, 2.45) is 5.92 Å². The highest BCUT2D eigenvalue weighted by atomic mass is 16.5. The Morgan fingerprint density at radius 1 is 1.40 bits per heavy atom. The SMILES string of the molecule is COc1ccc(C)cc1C1CC(=O)C1C. The zero-order chi connectivity index (χ0) is 11.0. The molecule has 0 aromatic heterocycles. The average molecular weight is 204 g/mol. The van der Waals surface area contributed by atoms with Crippen molar-refractivity contribution in [2.75, 3.05) is 7.11 Å². The van der Waals surface area contributed by atoms with E-state index in [4.69, 9.17) is 4.74 Å². The van der Waals surface area contributed by atoms with E-state index in [2.05, 4.69) is 13.0 Å². The third kappa shape index (κ3) is 1.65. The van der Waals surface area contributed by atoms with Crippen LogP contribution in [0, 0.1) is 12.8 Å². The summed E-state index contributed by atoms with van der Waals surface area (Å²) in [7, 11) is 1.68. The third-order valence-electron chi connectivity index (χ3n) is 3.32. The highest BCUT2D eigenvalue weighted by Gasteiger charge is 2.38. The molecule has 1 aliphatic carbocycles. The van der Waals surface area contributed by atoms with Gasteiger partial charge in [0.25, 0.3) is 0 Å². The first-order chi connectivity index (χ1) is 7.13. The van der Waals surface area contributed by atoms with Crippen molar-refractivity contribution in [3.05, 3.63) is 29.3 Å². The van der Waals surface area contributed by atoms with Gasteiger partial charge in [-0.1, -0.05) is 24.6 Å². The van der Waals surface area contributed by atoms with Gasteiger partial charge in [-0.25, -0.2) is 0 Å². The summed E-state index contributed by atoms with van der Waals surface area (Å²) >= 11 is 0. The number of hydrogen-bond acceptors (Lipinski definition) is 2. The molecule has 0 radical (unpaired) electrons. The molecule has 0 heterocycles. The van der Waals surface area contributed by atoms with E-state index in [1.165, 1.54) is 11.1 Å². The lowest BCUT2D eigenvalue weighted by Gasteiger charge is -2.33. The van der Waals surface area contributed by atoms with Crippen LogP contribution in [0.1, 0.15) is 30.4 Å². The number of carbonyl (C=O) groups is 1. The molecule has 1 aromatic rings. The Bertz CT molecular complexity index is 396. The smallest absolute Gasteiger partial charge is 0.136 e. The monoisotopic (exact) mass is 204 g/mol. The predicted octanol–water partition coefficient (Wildman–Crippen LogP) is 2.70. The van der Waals surface area contributed by atoms with Crippen LogP contribution in [0.25, 0.3) is 0 Å². The average Bonchev–Trinajstić information content (AvgIpc) is 2.25. The zero-order valence-corrected chi connectivity index (χ0v) is 9.41. The molecule has 2 atom stereocenters. The van der Waals surface area contributed by atoms with E-state index in [0.29, 0.717) is 18.1 Å². The van der Waals surface area contributed by atoms with Crippen molar-refractivity contribution in [3.63, 3.8) is 0 Å². The van der Waals surface area contributed by atoms with Crippen molar-refractivity contribution >= 4 is 5.78 Å². The first-order valence-electron chi connectivity index (χ1n) is 5.30. The molecule has 2 rings (SSSR count). The molecular formula is C13H16O2. The van der Waals surface area contributed by atoms with Gasteiger partial charge < -0.3 is 4.74 Å². The summed E-state index contributed by atoms with van der Waals surface area (Å²) in [5, 5.41) is 0. The molecular weight excluding hydrogens is 188 g/mol. The maximum absolute atomic E-state index is 11.3. The van der Waals surface area contributed by atoms with Crippen LogP contribution in [0.5, 0.6) is 5.75 Å². The molecule has 0 saturated heterocycles. The molecule has 2 unspecified atom stereocenters. The van der Waals surface area contributed by atoms with Crippen LogP contribution in [0.3, 0.4) is 0 Å². The van der Waals surface area contributed by atoms with Gasteiger partial charge in [0.1, 0.15) is 11.5 Å². The van der Waals surface area contributed by atoms with Crippen molar-refractivity contribution < 1.29 is 9.53 Å². The van der Waals surface area contributed by atoms with Crippen molar-refractivity contribution in [1.82, 2.24) is 0 Å². The van der Waals surface area contributed by atoms with Crippen molar-refractivity contribution in [2.45, 2.75) is 26.2 Å². The van der Waals surface area contributed by atoms with Crippen molar-refractivity contribution in [3.8, 4) is 5.75 Å². The number of rotatable bonds is 2. The Kier molecular flexibility index (Phi) is 2.51. The molecule has 0 spiro atoms. The Balaban J connectivity index is 2.34. The predicted molar refractivity (Wildman–Crippen MR) is 59.3 cm³/mol. The summed E-state index contributed by atoms with van der Waals surface area (Å²) in [6.45, 7) is 4.06. The summed E-state index contributed by atoms with van der Waals surface area (Å²) in [6, 6.07) is 6.15. The molecule has 2 heteroatoms. The second kappa shape index (κ2) is 3.69. The van der Waals surface area contributed by atoms with E-state index in [1.54, 1.807) is 7.11 Å². The van der Waals surface area contributed by atoms with E-state index in [1.807, 2.05) is 19.1 Å². The second-order valence-corrected chi connectivity index (χ2v) is 4.31. The molecule has 2 nitrogen and oxygen atoms in total. The summed E-state index contributed by atoms with van der Waals surface area (Å²) in [4.78, 5) is 11.3.